The number of pyridine rings is 1. The summed E-state index contributed by atoms with van der Waals surface area (Å²) in [5, 5.41) is 3.46. The molecule has 4 heteroatoms. The third kappa shape index (κ3) is 2.26. The third-order valence-corrected chi connectivity index (χ3v) is 6.05. The maximum Gasteiger partial charge on any atom is 0.230 e. The minimum Gasteiger partial charge on any atom is -0.323 e. The summed E-state index contributed by atoms with van der Waals surface area (Å²) < 4.78 is 0. The lowest BCUT2D eigenvalue weighted by Crippen LogP contribution is -2.51. The van der Waals surface area contributed by atoms with Crippen molar-refractivity contribution < 1.29 is 4.79 Å². The number of hydrogen-bond donors (Lipinski definition) is 1. The molecule has 1 aromatic rings. The highest BCUT2D eigenvalue weighted by molar-refractivity contribution is 6.32. The molecule has 21 heavy (non-hydrogen) atoms. The first-order chi connectivity index (χ1) is 10.0. The lowest BCUT2D eigenvalue weighted by molar-refractivity contribution is -0.140. The van der Waals surface area contributed by atoms with Crippen LogP contribution in [0.1, 0.15) is 44.1 Å². The van der Waals surface area contributed by atoms with Gasteiger partial charge in [0.15, 0.2) is 5.15 Å². The Bertz CT molecular complexity index is 563. The summed E-state index contributed by atoms with van der Waals surface area (Å²) in [7, 11) is 0. The molecule has 0 unspecified atom stereocenters. The van der Waals surface area contributed by atoms with E-state index in [9.17, 15) is 4.79 Å². The van der Waals surface area contributed by atoms with Crippen molar-refractivity contribution in [3.8, 4) is 0 Å². The summed E-state index contributed by atoms with van der Waals surface area (Å²) >= 11 is 6.12. The first-order valence-electron chi connectivity index (χ1n) is 7.98. The first kappa shape index (κ1) is 13.6. The molecule has 1 aromatic heterocycles. The Labute approximate surface area is 130 Å². The normalized spacial score (nSPS) is 36.8. The Morgan fingerprint density at radius 3 is 2.38 bits per heavy atom. The van der Waals surface area contributed by atoms with Gasteiger partial charge in [-0.2, -0.15) is 0 Å². The molecular weight excluding hydrogens is 284 g/mol. The topological polar surface area (TPSA) is 42.0 Å². The van der Waals surface area contributed by atoms with Gasteiger partial charge in [-0.25, -0.2) is 4.98 Å². The number of halogens is 1. The van der Waals surface area contributed by atoms with Gasteiger partial charge in [0, 0.05) is 6.20 Å². The molecule has 1 N–H and O–H groups in total. The van der Waals surface area contributed by atoms with E-state index in [2.05, 4.69) is 10.3 Å². The third-order valence-electron chi connectivity index (χ3n) is 5.74. The lowest BCUT2D eigenvalue weighted by atomic mass is 9.49. The number of carbonyl (C=O) groups is 1. The minimum atomic E-state index is -0.137. The monoisotopic (exact) mass is 304 g/mol. The summed E-state index contributed by atoms with van der Waals surface area (Å²) in [5.74, 6) is 2.49. The van der Waals surface area contributed by atoms with Crippen LogP contribution in [0.15, 0.2) is 12.3 Å². The van der Waals surface area contributed by atoms with Gasteiger partial charge in [0.1, 0.15) is 0 Å². The number of rotatable bonds is 2. The quantitative estimate of drug-likeness (QED) is 0.832. The van der Waals surface area contributed by atoms with E-state index in [1.54, 1.807) is 6.20 Å². The van der Waals surface area contributed by atoms with Crippen LogP contribution in [-0.4, -0.2) is 10.9 Å². The van der Waals surface area contributed by atoms with E-state index in [0.29, 0.717) is 10.8 Å². The Morgan fingerprint density at radius 1 is 1.24 bits per heavy atom. The molecule has 1 heterocycles. The van der Waals surface area contributed by atoms with Gasteiger partial charge in [0.05, 0.1) is 11.1 Å². The maximum absolute atomic E-state index is 12.9. The standard InChI is InChI=1S/C17H21ClN2O/c1-10-2-14(15(18)19-9-10)20-16(21)17-6-11-3-12(7-17)5-13(4-11)8-17/h2,9,11-13H,3-8H2,1H3,(H,20,21). The van der Waals surface area contributed by atoms with Crippen LogP contribution in [0.3, 0.4) is 0 Å². The van der Waals surface area contributed by atoms with E-state index in [4.69, 9.17) is 11.6 Å². The molecule has 5 rings (SSSR count). The van der Waals surface area contributed by atoms with E-state index in [1.165, 1.54) is 19.3 Å². The van der Waals surface area contributed by atoms with Gasteiger partial charge in [0.25, 0.3) is 0 Å². The van der Waals surface area contributed by atoms with Crippen molar-refractivity contribution in [2.24, 2.45) is 23.2 Å². The molecule has 1 amide bonds. The molecule has 0 aromatic carbocycles. The molecule has 0 aliphatic heterocycles. The first-order valence-corrected chi connectivity index (χ1v) is 8.35. The van der Waals surface area contributed by atoms with Crippen LogP contribution < -0.4 is 5.32 Å². The highest BCUT2D eigenvalue weighted by Crippen LogP contribution is 2.60. The van der Waals surface area contributed by atoms with Crippen molar-refractivity contribution in [3.63, 3.8) is 0 Å². The number of amides is 1. The van der Waals surface area contributed by atoms with E-state index in [-0.39, 0.29) is 11.3 Å². The van der Waals surface area contributed by atoms with E-state index in [1.807, 2.05) is 13.0 Å². The minimum absolute atomic E-state index is 0.137. The fourth-order valence-corrected chi connectivity index (χ4v) is 5.43. The second kappa shape index (κ2) is 4.70. The molecule has 4 saturated carbocycles. The van der Waals surface area contributed by atoms with E-state index < -0.39 is 0 Å². The molecule has 4 aliphatic carbocycles. The van der Waals surface area contributed by atoms with Crippen molar-refractivity contribution in [1.82, 2.24) is 4.98 Å². The second-order valence-electron chi connectivity index (χ2n) is 7.50. The van der Waals surface area contributed by atoms with E-state index >= 15 is 0 Å². The number of hydrogen-bond acceptors (Lipinski definition) is 2. The average molecular weight is 305 g/mol. The van der Waals surface area contributed by atoms with Crippen molar-refractivity contribution in [1.29, 1.82) is 0 Å². The molecule has 4 bridgehead atoms. The molecule has 4 fully saturated rings. The predicted molar refractivity (Wildman–Crippen MR) is 83.2 cm³/mol. The fraction of sp³-hybridized carbons (Fsp3) is 0.647. The zero-order valence-electron chi connectivity index (χ0n) is 12.4. The van der Waals surface area contributed by atoms with Crippen LogP contribution in [0, 0.1) is 30.1 Å². The van der Waals surface area contributed by atoms with Crippen molar-refractivity contribution in [2.45, 2.75) is 45.4 Å². The summed E-state index contributed by atoms with van der Waals surface area (Å²) in [4.78, 5) is 17.1. The van der Waals surface area contributed by atoms with E-state index in [0.717, 1.165) is 42.6 Å². The number of aromatic nitrogens is 1. The maximum atomic E-state index is 12.9. The molecule has 0 radical (unpaired) electrons. The van der Waals surface area contributed by atoms with Crippen LogP contribution in [0.25, 0.3) is 0 Å². The van der Waals surface area contributed by atoms with Crippen LogP contribution in [0.4, 0.5) is 5.69 Å². The van der Waals surface area contributed by atoms with Crippen LogP contribution >= 0.6 is 11.6 Å². The number of nitrogens with one attached hydrogen (secondary N) is 1. The van der Waals surface area contributed by atoms with Crippen LogP contribution in [0.2, 0.25) is 5.15 Å². The molecule has 0 saturated heterocycles. The van der Waals surface area contributed by atoms with Gasteiger partial charge in [-0.05, 0) is 74.8 Å². The van der Waals surface area contributed by atoms with Gasteiger partial charge >= 0.3 is 0 Å². The Balaban J connectivity index is 1.59. The van der Waals surface area contributed by atoms with Gasteiger partial charge in [-0.15, -0.1) is 0 Å². The molecule has 0 atom stereocenters. The van der Waals surface area contributed by atoms with Crippen molar-refractivity contribution in [2.75, 3.05) is 5.32 Å². The Hall–Kier alpha value is -1.09. The highest BCUT2D eigenvalue weighted by atomic mass is 35.5. The summed E-state index contributed by atoms with van der Waals surface area (Å²) in [6.07, 6.45) is 8.98. The molecule has 112 valence electrons. The molecular formula is C17H21ClN2O. The van der Waals surface area contributed by atoms with Gasteiger partial charge in [0.2, 0.25) is 5.91 Å². The molecule has 3 nitrogen and oxygen atoms in total. The zero-order chi connectivity index (χ0) is 14.6. The fourth-order valence-electron chi connectivity index (χ4n) is 5.28. The number of aryl methyl sites for hydroxylation is 1. The molecule has 4 aliphatic rings. The van der Waals surface area contributed by atoms with Gasteiger partial charge in [-0.1, -0.05) is 11.6 Å². The van der Waals surface area contributed by atoms with Crippen LogP contribution in [0.5, 0.6) is 0 Å². The molecule has 0 spiro atoms. The highest BCUT2D eigenvalue weighted by Gasteiger charge is 2.54. The second-order valence-corrected chi connectivity index (χ2v) is 7.86. The number of carbonyl (C=O) groups excluding carboxylic acids is 1. The predicted octanol–water partition coefficient (Wildman–Crippen LogP) is 4.20. The Morgan fingerprint density at radius 2 is 1.81 bits per heavy atom. The summed E-state index contributed by atoms with van der Waals surface area (Å²) in [5.41, 5.74) is 1.54. The lowest BCUT2D eigenvalue weighted by Gasteiger charge is -2.55. The SMILES string of the molecule is Cc1cnc(Cl)c(NC(=O)C23CC4CC(CC(C4)C2)C3)c1. The zero-order valence-corrected chi connectivity index (χ0v) is 13.1. The Kier molecular flexibility index (Phi) is 3.04. The smallest absolute Gasteiger partial charge is 0.230 e. The number of nitrogens with zero attached hydrogens (tertiary/aromatic N) is 1. The van der Waals surface area contributed by atoms with Crippen molar-refractivity contribution in [3.05, 3.63) is 23.0 Å². The van der Waals surface area contributed by atoms with Gasteiger partial charge < -0.3 is 5.32 Å². The van der Waals surface area contributed by atoms with Crippen molar-refractivity contribution >= 4 is 23.2 Å². The summed E-state index contributed by atoms with van der Waals surface area (Å²) in [6.45, 7) is 1.96. The average Bonchev–Trinajstić information content (AvgIpc) is 2.41. The largest absolute Gasteiger partial charge is 0.323 e. The van der Waals surface area contributed by atoms with Gasteiger partial charge in [-0.3, -0.25) is 4.79 Å². The van der Waals surface area contributed by atoms with Crippen LogP contribution in [-0.2, 0) is 4.79 Å². The summed E-state index contributed by atoms with van der Waals surface area (Å²) in [6, 6.07) is 1.91. The number of anilines is 1.